The van der Waals surface area contributed by atoms with Crippen molar-refractivity contribution in [3.05, 3.63) is 0 Å². The van der Waals surface area contributed by atoms with Crippen molar-refractivity contribution in [2.24, 2.45) is 0 Å². The summed E-state index contributed by atoms with van der Waals surface area (Å²) in [7, 11) is 0. The lowest BCUT2D eigenvalue weighted by Crippen LogP contribution is -2.27. The molecule has 1 unspecified atom stereocenters. The third kappa shape index (κ3) is 4.02. The highest BCUT2D eigenvalue weighted by molar-refractivity contribution is 8.00. The van der Waals surface area contributed by atoms with Crippen molar-refractivity contribution in [1.82, 2.24) is 5.32 Å². The Hall–Kier alpha value is 0.310. The third-order valence-electron chi connectivity index (χ3n) is 2.07. The molecule has 1 heterocycles. The molecule has 1 aliphatic rings. The summed E-state index contributed by atoms with van der Waals surface area (Å²) in [6.45, 7) is 4.47. The Balaban J connectivity index is 1.96. The number of hydrogen-bond acceptors (Lipinski definition) is 1. The number of unbranched alkanes of at least 4 members (excludes halogenated alkanes) is 2. The molecule has 0 aromatic carbocycles. The van der Waals surface area contributed by atoms with Gasteiger partial charge in [0.2, 0.25) is 0 Å². The number of hydrogen-bond donors (Lipinski definition) is 0. The van der Waals surface area contributed by atoms with Crippen LogP contribution in [0.15, 0.2) is 0 Å². The minimum absolute atomic E-state index is 0.857. The van der Waals surface area contributed by atoms with Crippen molar-refractivity contribution >= 4 is 11.8 Å². The molecule has 0 aromatic rings. The zero-order valence-electron chi connectivity index (χ0n) is 7.38. The minimum atomic E-state index is 0.857. The Labute approximate surface area is 74.3 Å². The summed E-state index contributed by atoms with van der Waals surface area (Å²) in [6, 6.07) is 0. The molecule has 1 aliphatic heterocycles. The maximum atomic E-state index is 4.42. The van der Waals surface area contributed by atoms with Crippen molar-refractivity contribution in [3.63, 3.8) is 0 Å². The second-order valence-electron chi connectivity index (χ2n) is 3.12. The maximum Gasteiger partial charge on any atom is 0.0253 e. The predicted octanol–water partition coefficient (Wildman–Crippen LogP) is 2.29. The van der Waals surface area contributed by atoms with Crippen molar-refractivity contribution in [1.29, 1.82) is 0 Å². The summed E-state index contributed by atoms with van der Waals surface area (Å²) in [5, 5.41) is 5.27. The van der Waals surface area contributed by atoms with E-state index in [1.165, 1.54) is 31.4 Å². The van der Waals surface area contributed by atoms with Gasteiger partial charge < -0.3 is 0 Å². The molecule has 1 rings (SSSR count). The quantitative estimate of drug-likeness (QED) is 0.593. The Morgan fingerprint density at radius 3 is 3.00 bits per heavy atom. The average molecular weight is 172 g/mol. The van der Waals surface area contributed by atoms with Gasteiger partial charge in [0.05, 0.1) is 0 Å². The number of rotatable bonds is 4. The second kappa shape index (κ2) is 5.90. The zero-order valence-corrected chi connectivity index (χ0v) is 8.20. The second-order valence-corrected chi connectivity index (χ2v) is 4.53. The smallest absolute Gasteiger partial charge is 0.0253 e. The average Bonchev–Trinajstić information content (AvgIpc) is 2.07. The number of nitrogens with zero attached hydrogens (tertiary/aromatic N) is 1. The van der Waals surface area contributed by atoms with Gasteiger partial charge in [0.15, 0.2) is 0 Å². The first kappa shape index (κ1) is 9.40. The fourth-order valence-electron chi connectivity index (χ4n) is 1.37. The van der Waals surface area contributed by atoms with Crippen LogP contribution in [0, 0.1) is 0 Å². The van der Waals surface area contributed by atoms with Gasteiger partial charge in [-0.05, 0) is 6.42 Å². The van der Waals surface area contributed by atoms with Gasteiger partial charge in [-0.1, -0.05) is 26.2 Å². The third-order valence-corrected chi connectivity index (χ3v) is 3.34. The molecule has 1 radical (unpaired) electrons. The van der Waals surface area contributed by atoms with Crippen LogP contribution in [0.5, 0.6) is 0 Å². The van der Waals surface area contributed by atoms with Gasteiger partial charge in [-0.2, -0.15) is 11.8 Å². The molecular weight excluding hydrogens is 154 g/mol. The molecule has 2 heteroatoms. The summed E-state index contributed by atoms with van der Waals surface area (Å²) in [5.74, 6) is 1.26. The molecule has 0 bridgehead atoms. The first-order valence-electron chi connectivity index (χ1n) is 4.68. The molecule has 0 N–H and O–H groups in total. The zero-order chi connectivity index (χ0) is 7.94. The topological polar surface area (TPSA) is 14.1 Å². The van der Waals surface area contributed by atoms with E-state index in [0.29, 0.717) is 0 Å². The normalized spacial score (nSPS) is 25.4. The molecule has 0 amide bonds. The Morgan fingerprint density at radius 1 is 1.45 bits per heavy atom. The van der Waals surface area contributed by atoms with Gasteiger partial charge in [-0.3, -0.25) is 0 Å². The van der Waals surface area contributed by atoms with Crippen molar-refractivity contribution < 1.29 is 0 Å². The van der Waals surface area contributed by atoms with Gasteiger partial charge >= 0.3 is 0 Å². The minimum Gasteiger partial charge on any atom is -0.240 e. The first-order chi connectivity index (χ1) is 5.43. The van der Waals surface area contributed by atoms with E-state index >= 15 is 0 Å². The van der Waals surface area contributed by atoms with Crippen LogP contribution in [-0.4, -0.2) is 24.1 Å². The van der Waals surface area contributed by atoms with Crippen molar-refractivity contribution in [3.8, 4) is 0 Å². The van der Waals surface area contributed by atoms with Crippen molar-refractivity contribution in [2.45, 2.75) is 37.9 Å². The fraction of sp³-hybridized carbons (Fsp3) is 1.00. The van der Waals surface area contributed by atoms with Crippen LogP contribution >= 0.6 is 11.8 Å². The summed E-state index contributed by atoms with van der Waals surface area (Å²) in [4.78, 5) is 0. The summed E-state index contributed by atoms with van der Waals surface area (Å²) in [5.41, 5.74) is 0. The van der Waals surface area contributed by atoms with E-state index in [0.717, 1.165) is 18.3 Å². The standard InChI is InChI=1S/C9H18NS/c1-2-3-4-5-9-8-10-6-7-11-9/h9H,2-8H2,1H3. The van der Waals surface area contributed by atoms with Crippen LogP contribution in [-0.2, 0) is 0 Å². The highest BCUT2D eigenvalue weighted by Gasteiger charge is 2.12. The molecule has 0 spiro atoms. The van der Waals surface area contributed by atoms with Crippen LogP contribution in [0.25, 0.3) is 0 Å². The monoisotopic (exact) mass is 172 g/mol. The van der Waals surface area contributed by atoms with E-state index in [1.54, 1.807) is 0 Å². The lowest BCUT2D eigenvalue weighted by molar-refractivity contribution is 0.587. The van der Waals surface area contributed by atoms with Crippen LogP contribution in [0.3, 0.4) is 0 Å². The largest absolute Gasteiger partial charge is 0.240 e. The van der Waals surface area contributed by atoms with Gasteiger partial charge in [-0.25, -0.2) is 5.32 Å². The Bertz CT molecular complexity index is 89.6. The van der Waals surface area contributed by atoms with E-state index in [2.05, 4.69) is 24.0 Å². The lowest BCUT2D eigenvalue weighted by Gasteiger charge is -2.20. The SMILES string of the molecule is CCCCCC1C[N]CCS1. The van der Waals surface area contributed by atoms with Gasteiger partial charge in [0.1, 0.15) is 0 Å². The van der Waals surface area contributed by atoms with E-state index in [9.17, 15) is 0 Å². The van der Waals surface area contributed by atoms with Crippen LogP contribution in [0.2, 0.25) is 0 Å². The van der Waals surface area contributed by atoms with E-state index in [1.807, 2.05) is 0 Å². The van der Waals surface area contributed by atoms with E-state index in [4.69, 9.17) is 0 Å². The predicted molar refractivity (Wildman–Crippen MR) is 52.3 cm³/mol. The fourth-order valence-corrected chi connectivity index (χ4v) is 2.48. The van der Waals surface area contributed by atoms with Crippen LogP contribution in [0.4, 0.5) is 0 Å². The molecule has 1 atom stereocenters. The maximum absolute atomic E-state index is 4.42. The van der Waals surface area contributed by atoms with Crippen LogP contribution in [0.1, 0.15) is 32.6 Å². The molecule has 0 saturated carbocycles. The first-order valence-corrected chi connectivity index (χ1v) is 5.73. The van der Waals surface area contributed by atoms with E-state index < -0.39 is 0 Å². The van der Waals surface area contributed by atoms with E-state index in [-0.39, 0.29) is 0 Å². The Kier molecular flexibility index (Phi) is 5.04. The molecule has 0 aliphatic carbocycles. The molecule has 1 saturated heterocycles. The van der Waals surface area contributed by atoms with Crippen LogP contribution < -0.4 is 5.32 Å². The molecule has 1 nitrogen and oxygen atoms in total. The van der Waals surface area contributed by atoms with Gasteiger partial charge in [-0.15, -0.1) is 0 Å². The molecule has 0 aromatic heterocycles. The highest BCUT2D eigenvalue weighted by Crippen LogP contribution is 2.19. The lowest BCUT2D eigenvalue weighted by atomic mass is 10.1. The van der Waals surface area contributed by atoms with Gasteiger partial charge in [0.25, 0.3) is 0 Å². The Morgan fingerprint density at radius 2 is 2.36 bits per heavy atom. The summed E-state index contributed by atoms with van der Waals surface area (Å²) >= 11 is 2.12. The van der Waals surface area contributed by atoms with Crippen molar-refractivity contribution in [2.75, 3.05) is 18.8 Å². The number of thioether (sulfide) groups is 1. The summed E-state index contributed by atoms with van der Waals surface area (Å²) in [6.07, 6.45) is 5.54. The molecule has 11 heavy (non-hydrogen) atoms. The van der Waals surface area contributed by atoms with Gasteiger partial charge in [0, 0.05) is 24.1 Å². The summed E-state index contributed by atoms with van der Waals surface area (Å²) < 4.78 is 0. The highest BCUT2D eigenvalue weighted by atomic mass is 32.2. The molecule has 65 valence electrons. The molecular formula is C9H18NS. The molecule has 1 fully saturated rings.